The minimum absolute atomic E-state index is 0.00699. The third-order valence-electron chi connectivity index (χ3n) is 7.75. The van der Waals surface area contributed by atoms with E-state index in [0.29, 0.717) is 12.1 Å². The molecule has 1 heterocycles. The molecule has 0 unspecified atom stereocenters. The Bertz CT molecular complexity index is 1060. The fourth-order valence-corrected chi connectivity index (χ4v) is 9.95. The molecule has 5 fully saturated rings. The second-order valence-electron chi connectivity index (χ2n) is 10.3. The lowest BCUT2D eigenvalue weighted by molar-refractivity contribution is -0.0503. The number of sulfone groups is 1. The lowest BCUT2D eigenvalue weighted by atomic mass is 9.49. The van der Waals surface area contributed by atoms with E-state index >= 15 is 0 Å². The predicted molar refractivity (Wildman–Crippen MR) is 117 cm³/mol. The molecule has 4 bridgehead atoms. The zero-order valence-electron chi connectivity index (χ0n) is 17.5. The van der Waals surface area contributed by atoms with Gasteiger partial charge in [-0.05, 0) is 86.3 Å². The van der Waals surface area contributed by atoms with Crippen LogP contribution in [-0.4, -0.2) is 46.8 Å². The highest BCUT2D eigenvalue weighted by Gasteiger charge is 2.50. The molecule has 7 nitrogen and oxygen atoms in total. The van der Waals surface area contributed by atoms with Crippen LogP contribution in [0, 0.1) is 23.2 Å². The molecular formula is C22H30N2O5S2. The van der Waals surface area contributed by atoms with Crippen LogP contribution in [0.2, 0.25) is 0 Å². The summed E-state index contributed by atoms with van der Waals surface area (Å²) in [5, 5.41) is 3.09. The summed E-state index contributed by atoms with van der Waals surface area (Å²) < 4.78 is 51.2. The van der Waals surface area contributed by atoms with Crippen molar-refractivity contribution in [1.29, 1.82) is 0 Å². The molecule has 1 aromatic rings. The van der Waals surface area contributed by atoms with Crippen LogP contribution >= 0.6 is 0 Å². The first-order chi connectivity index (χ1) is 14.6. The fraction of sp³-hybridized carbons (Fsp3) is 0.682. The molecule has 31 heavy (non-hydrogen) atoms. The lowest BCUT2D eigenvalue weighted by Gasteiger charge is -2.56. The first kappa shape index (κ1) is 21.4. The quantitative estimate of drug-likeness (QED) is 0.667. The number of amides is 1. The van der Waals surface area contributed by atoms with Gasteiger partial charge in [-0.3, -0.25) is 4.79 Å². The summed E-state index contributed by atoms with van der Waals surface area (Å²) in [5.74, 6) is 1.98. The Hall–Kier alpha value is -1.45. The zero-order chi connectivity index (χ0) is 21.9. The molecule has 9 heteroatoms. The van der Waals surface area contributed by atoms with Crippen molar-refractivity contribution in [3.63, 3.8) is 0 Å². The van der Waals surface area contributed by atoms with Crippen molar-refractivity contribution >= 4 is 25.8 Å². The second-order valence-corrected chi connectivity index (χ2v) is 14.3. The molecule has 1 aliphatic heterocycles. The van der Waals surface area contributed by atoms with E-state index in [1.165, 1.54) is 50.7 Å². The smallest absolute Gasteiger partial charge is 0.251 e. The van der Waals surface area contributed by atoms with Gasteiger partial charge in [-0.1, -0.05) is 6.07 Å². The molecule has 0 aromatic heterocycles. The molecule has 6 rings (SSSR count). The number of sulfonamides is 1. The summed E-state index contributed by atoms with van der Waals surface area (Å²) in [7, 11) is -7.09. The number of nitrogens with one attached hydrogen (secondary N) is 2. The number of carbonyl (C=O) groups excluding carboxylic acids is 1. The van der Waals surface area contributed by atoms with Crippen molar-refractivity contribution in [1.82, 2.24) is 10.0 Å². The van der Waals surface area contributed by atoms with Gasteiger partial charge in [-0.25, -0.2) is 21.6 Å². The molecule has 170 valence electrons. The summed E-state index contributed by atoms with van der Waals surface area (Å²) in [6, 6.07) is 5.36. The number of benzene rings is 1. The van der Waals surface area contributed by atoms with Crippen LogP contribution in [0.25, 0.3) is 0 Å². The minimum atomic E-state index is -3.90. The van der Waals surface area contributed by atoms with Gasteiger partial charge in [0.1, 0.15) is 0 Å². The van der Waals surface area contributed by atoms with Gasteiger partial charge >= 0.3 is 0 Å². The van der Waals surface area contributed by atoms with Gasteiger partial charge < -0.3 is 5.32 Å². The SMILES string of the molecule is O=C(NCC12CC3CC(CC(C3)C1)C2)c1cccc(S(=O)(=O)N[C@@H]2CCS(=O)(=O)C2)c1. The van der Waals surface area contributed by atoms with Gasteiger partial charge in [0.05, 0.1) is 16.4 Å². The Balaban J connectivity index is 1.25. The molecule has 2 N–H and O–H groups in total. The predicted octanol–water partition coefficient (Wildman–Crippen LogP) is 2.10. The topological polar surface area (TPSA) is 109 Å². The Morgan fingerprint density at radius 1 is 1.06 bits per heavy atom. The van der Waals surface area contributed by atoms with E-state index < -0.39 is 25.9 Å². The van der Waals surface area contributed by atoms with Crippen LogP contribution in [0.5, 0.6) is 0 Å². The van der Waals surface area contributed by atoms with Crippen molar-refractivity contribution in [2.75, 3.05) is 18.1 Å². The number of rotatable bonds is 6. The third kappa shape index (κ3) is 4.41. The van der Waals surface area contributed by atoms with Crippen molar-refractivity contribution in [3.8, 4) is 0 Å². The van der Waals surface area contributed by atoms with E-state index in [4.69, 9.17) is 0 Å². The molecule has 0 spiro atoms. The van der Waals surface area contributed by atoms with Crippen LogP contribution in [0.4, 0.5) is 0 Å². The van der Waals surface area contributed by atoms with Gasteiger partial charge in [0, 0.05) is 18.2 Å². The monoisotopic (exact) mass is 466 g/mol. The van der Waals surface area contributed by atoms with Crippen LogP contribution < -0.4 is 10.0 Å². The van der Waals surface area contributed by atoms with Crippen molar-refractivity contribution in [3.05, 3.63) is 29.8 Å². The Labute approximate surface area is 184 Å². The van der Waals surface area contributed by atoms with E-state index in [1.807, 2.05) is 0 Å². The van der Waals surface area contributed by atoms with Gasteiger partial charge in [0.15, 0.2) is 9.84 Å². The molecule has 0 radical (unpaired) electrons. The van der Waals surface area contributed by atoms with Crippen LogP contribution in [0.1, 0.15) is 55.3 Å². The normalized spacial score (nSPS) is 35.9. The van der Waals surface area contributed by atoms with E-state index in [9.17, 15) is 21.6 Å². The summed E-state index contributed by atoms with van der Waals surface area (Å²) >= 11 is 0. The summed E-state index contributed by atoms with van der Waals surface area (Å²) in [6.07, 6.45) is 7.91. The lowest BCUT2D eigenvalue weighted by Crippen LogP contribution is -2.51. The maximum absolute atomic E-state index is 12.8. The van der Waals surface area contributed by atoms with Crippen LogP contribution in [-0.2, 0) is 19.9 Å². The Morgan fingerprint density at radius 2 is 1.71 bits per heavy atom. The fourth-order valence-electron chi connectivity index (χ4n) is 6.86. The highest BCUT2D eigenvalue weighted by Crippen LogP contribution is 2.59. The third-order valence-corrected chi connectivity index (χ3v) is 11.0. The Morgan fingerprint density at radius 3 is 2.29 bits per heavy atom. The molecular weight excluding hydrogens is 436 g/mol. The number of hydrogen-bond donors (Lipinski definition) is 2. The van der Waals surface area contributed by atoms with E-state index in [2.05, 4.69) is 10.0 Å². The molecule has 1 aromatic carbocycles. The first-order valence-electron chi connectivity index (χ1n) is 11.2. The van der Waals surface area contributed by atoms with Crippen molar-refractivity contribution in [2.45, 2.75) is 55.9 Å². The molecule has 4 saturated carbocycles. The molecule has 1 amide bonds. The summed E-state index contributed by atoms with van der Waals surface area (Å²) in [6.45, 7) is 0.657. The highest BCUT2D eigenvalue weighted by atomic mass is 32.2. The van der Waals surface area contributed by atoms with Crippen LogP contribution in [0.3, 0.4) is 0 Å². The van der Waals surface area contributed by atoms with Gasteiger partial charge in [0.2, 0.25) is 10.0 Å². The summed E-state index contributed by atoms with van der Waals surface area (Å²) in [4.78, 5) is 12.8. The van der Waals surface area contributed by atoms with Crippen LogP contribution in [0.15, 0.2) is 29.2 Å². The number of carbonyl (C=O) groups is 1. The molecule has 1 saturated heterocycles. The Kier molecular flexibility index (Phi) is 5.22. The van der Waals surface area contributed by atoms with Gasteiger partial charge in [-0.2, -0.15) is 0 Å². The van der Waals surface area contributed by atoms with E-state index in [1.54, 1.807) is 12.1 Å². The second kappa shape index (κ2) is 7.56. The maximum Gasteiger partial charge on any atom is 0.251 e. The molecule has 1 atom stereocenters. The first-order valence-corrected chi connectivity index (χ1v) is 14.5. The van der Waals surface area contributed by atoms with Gasteiger partial charge in [0.25, 0.3) is 5.91 Å². The average Bonchev–Trinajstić information content (AvgIpc) is 3.03. The van der Waals surface area contributed by atoms with Crippen molar-refractivity contribution < 1.29 is 21.6 Å². The number of hydrogen-bond acceptors (Lipinski definition) is 5. The minimum Gasteiger partial charge on any atom is -0.351 e. The largest absolute Gasteiger partial charge is 0.351 e. The maximum atomic E-state index is 12.8. The average molecular weight is 467 g/mol. The van der Waals surface area contributed by atoms with E-state index in [-0.39, 0.29) is 34.1 Å². The highest BCUT2D eigenvalue weighted by molar-refractivity contribution is 7.92. The van der Waals surface area contributed by atoms with Gasteiger partial charge in [-0.15, -0.1) is 0 Å². The summed E-state index contributed by atoms with van der Waals surface area (Å²) in [5.41, 5.74) is 0.524. The van der Waals surface area contributed by atoms with E-state index in [0.717, 1.165) is 17.8 Å². The molecule has 5 aliphatic rings. The molecule has 4 aliphatic carbocycles. The van der Waals surface area contributed by atoms with Crippen molar-refractivity contribution in [2.24, 2.45) is 23.2 Å². The zero-order valence-corrected chi connectivity index (χ0v) is 19.2. The standard InChI is InChI=1S/C22H30N2O5S2/c25-21(23-14-22-10-15-6-16(11-22)8-17(7-15)12-22)18-2-1-3-20(9-18)31(28,29)24-19-4-5-30(26,27)13-19/h1-3,9,15-17,19,24H,4-8,10-14H2,(H,23,25)/t15?,16?,17?,19-,22?/m1/s1.